The van der Waals surface area contributed by atoms with Gasteiger partial charge in [-0.2, -0.15) is 18.2 Å². The molecule has 0 radical (unpaired) electrons. The highest BCUT2D eigenvalue weighted by molar-refractivity contribution is 7.95. The first-order valence-electron chi connectivity index (χ1n) is 5.80. The molecule has 108 valence electrons. The van der Waals surface area contributed by atoms with E-state index in [0.29, 0.717) is 5.69 Å². The molecule has 0 bridgehead atoms. The van der Waals surface area contributed by atoms with Crippen LogP contribution in [0.4, 0.5) is 13.2 Å². The summed E-state index contributed by atoms with van der Waals surface area (Å²) in [6, 6.07) is -0.267. The molecule has 1 aromatic heterocycles. The molecule has 0 spiro atoms. The Kier molecular flexibility index (Phi) is 4.71. The van der Waals surface area contributed by atoms with Crippen LogP contribution in [0.1, 0.15) is 51.8 Å². The Hall–Kier alpha value is -0.980. The molecule has 1 heterocycles. The lowest BCUT2D eigenvalue weighted by Crippen LogP contribution is -2.18. The van der Waals surface area contributed by atoms with Crippen LogP contribution in [0.5, 0.6) is 6.01 Å². The molecular formula is C12H17F3N2OS. The molecule has 0 aliphatic rings. The van der Waals surface area contributed by atoms with E-state index in [4.69, 9.17) is 0 Å². The molecule has 7 heteroatoms. The van der Waals surface area contributed by atoms with Gasteiger partial charge in [-0.15, -0.1) is 0 Å². The van der Waals surface area contributed by atoms with E-state index >= 15 is 0 Å². The number of hydrogen-bond acceptors (Lipinski definition) is 4. The van der Waals surface area contributed by atoms with E-state index in [9.17, 15) is 13.2 Å². The fraction of sp³-hybridized carbons (Fsp3) is 0.667. The van der Waals surface area contributed by atoms with Crippen molar-refractivity contribution in [2.45, 2.75) is 51.5 Å². The first kappa shape index (κ1) is 16.1. The third-order valence-corrected chi connectivity index (χ3v) is 2.76. The van der Waals surface area contributed by atoms with Crippen LogP contribution >= 0.6 is 12.0 Å². The first-order chi connectivity index (χ1) is 8.50. The van der Waals surface area contributed by atoms with Crippen LogP contribution in [0.25, 0.3) is 0 Å². The minimum Gasteiger partial charge on any atom is -0.380 e. The van der Waals surface area contributed by atoms with Gasteiger partial charge in [-0.3, -0.25) is 0 Å². The summed E-state index contributed by atoms with van der Waals surface area (Å²) in [7, 11) is 0. The number of nitrogens with zero attached hydrogens (tertiary/aromatic N) is 2. The van der Waals surface area contributed by atoms with Crippen LogP contribution in [-0.4, -0.2) is 15.5 Å². The van der Waals surface area contributed by atoms with Crippen molar-refractivity contribution in [1.82, 2.24) is 9.97 Å². The van der Waals surface area contributed by atoms with Crippen LogP contribution in [0.15, 0.2) is 6.20 Å². The van der Waals surface area contributed by atoms with Gasteiger partial charge < -0.3 is 4.18 Å². The van der Waals surface area contributed by atoms with Crippen LogP contribution < -0.4 is 4.18 Å². The van der Waals surface area contributed by atoms with Gasteiger partial charge in [0, 0.05) is 11.6 Å². The summed E-state index contributed by atoms with van der Waals surface area (Å²) in [6.07, 6.45) is 1.53. The molecule has 1 aromatic rings. The van der Waals surface area contributed by atoms with Crippen LogP contribution in [-0.2, 0) is 5.41 Å². The van der Waals surface area contributed by atoms with E-state index in [1.165, 1.54) is 6.20 Å². The third kappa shape index (κ3) is 4.89. The van der Waals surface area contributed by atoms with E-state index in [0.717, 1.165) is 5.56 Å². The predicted octanol–water partition coefficient (Wildman–Crippen LogP) is 4.44. The number of halogens is 3. The summed E-state index contributed by atoms with van der Waals surface area (Å²) in [4.78, 5) is 7.94. The van der Waals surface area contributed by atoms with E-state index < -0.39 is 17.6 Å². The minimum absolute atomic E-state index is 0.193. The maximum Gasteiger partial charge on any atom is 0.479 e. The molecule has 0 atom stereocenters. The quantitative estimate of drug-likeness (QED) is 0.772. The Morgan fingerprint density at radius 2 is 1.79 bits per heavy atom. The largest absolute Gasteiger partial charge is 0.479 e. The Morgan fingerprint density at radius 1 is 1.21 bits per heavy atom. The summed E-state index contributed by atoms with van der Waals surface area (Å²) >= 11 is -0.605. The highest BCUT2D eigenvalue weighted by Gasteiger charge is 2.32. The minimum atomic E-state index is -4.47. The topological polar surface area (TPSA) is 35.0 Å². The van der Waals surface area contributed by atoms with E-state index in [1.807, 2.05) is 34.6 Å². The first-order valence-corrected chi connectivity index (χ1v) is 6.54. The summed E-state index contributed by atoms with van der Waals surface area (Å²) in [5, 5.41) is 0. The molecule has 0 unspecified atom stereocenters. The number of aromatic nitrogens is 2. The number of alkyl halides is 3. The molecular weight excluding hydrogens is 277 g/mol. The van der Waals surface area contributed by atoms with Gasteiger partial charge in [-0.25, -0.2) is 4.98 Å². The Bertz CT molecular complexity index is 442. The molecule has 0 aliphatic heterocycles. The Labute approximate surface area is 115 Å². The molecule has 19 heavy (non-hydrogen) atoms. The summed E-state index contributed by atoms with van der Waals surface area (Å²) in [6.45, 7) is 9.81. The smallest absolute Gasteiger partial charge is 0.380 e. The molecule has 1 rings (SSSR count). The fourth-order valence-electron chi connectivity index (χ4n) is 1.52. The summed E-state index contributed by atoms with van der Waals surface area (Å²) in [5.41, 5.74) is -3.14. The monoisotopic (exact) mass is 294 g/mol. The van der Waals surface area contributed by atoms with Crippen molar-refractivity contribution in [2.75, 3.05) is 0 Å². The molecule has 0 saturated carbocycles. The lowest BCUT2D eigenvalue weighted by molar-refractivity contribution is -0.0371. The number of hydrogen-bond donors (Lipinski definition) is 0. The highest BCUT2D eigenvalue weighted by atomic mass is 32.2. The van der Waals surface area contributed by atoms with E-state index in [2.05, 4.69) is 14.2 Å². The van der Waals surface area contributed by atoms with Crippen molar-refractivity contribution < 1.29 is 17.4 Å². The molecule has 0 aliphatic carbocycles. The van der Waals surface area contributed by atoms with Gasteiger partial charge in [-0.05, 0) is 11.5 Å². The van der Waals surface area contributed by atoms with Crippen molar-refractivity contribution in [2.24, 2.45) is 0 Å². The molecule has 0 aromatic carbocycles. The SMILES string of the molecule is CC(C)c1cnc(OSC(F)(F)F)nc1C(C)(C)C. The predicted molar refractivity (Wildman–Crippen MR) is 69.1 cm³/mol. The van der Waals surface area contributed by atoms with Crippen molar-refractivity contribution in [3.8, 4) is 6.01 Å². The van der Waals surface area contributed by atoms with Gasteiger partial charge in [0.05, 0.1) is 5.69 Å². The third-order valence-electron chi connectivity index (χ3n) is 2.34. The Balaban J connectivity index is 3.06. The second-order valence-corrected chi connectivity index (χ2v) is 6.27. The average Bonchev–Trinajstić information content (AvgIpc) is 2.23. The second kappa shape index (κ2) is 5.56. The van der Waals surface area contributed by atoms with Crippen molar-refractivity contribution in [1.29, 1.82) is 0 Å². The van der Waals surface area contributed by atoms with Gasteiger partial charge >= 0.3 is 11.5 Å². The van der Waals surface area contributed by atoms with Gasteiger partial charge in [0.25, 0.3) is 0 Å². The molecule has 0 fully saturated rings. The molecule has 3 nitrogen and oxygen atoms in total. The zero-order valence-electron chi connectivity index (χ0n) is 11.5. The maximum atomic E-state index is 12.1. The lowest BCUT2D eigenvalue weighted by Gasteiger charge is -2.23. The normalized spacial score (nSPS) is 12.9. The van der Waals surface area contributed by atoms with E-state index in [1.54, 1.807) is 0 Å². The zero-order chi connectivity index (χ0) is 14.8. The Morgan fingerprint density at radius 3 is 2.21 bits per heavy atom. The van der Waals surface area contributed by atoms with Gasteiger partial charge in [0.15, 0.2) is 12.0 Å². The van der Waals surface area contributed by atoms with Crippen LogP contribution in [0.3, 0.4) is 0 Å². The molecule has 0 saturated heterocycles. The summed E-state index contributed by atoms with van der Waals surface area (Å²) < 4.78 is 40.7. The molecule has 0 N–H and O–H groups in total. The zero-order valence-corrected chi connectivity index (χ0v) is 12.3. The van der Waals surface area contributed by atoms with Gasteiger partial charge in [0.2, 0.25) is 0 Å². The standard InChI is InChI=1S/C12H17F3N2OS/c1-7(2)8-6-16-10(18-19-12(13,14)15)17-9(8)11(3,4)5/h6-7H,1-5H3. The second-order valence-electron chi connectivity index (χ2n) is 5.47. The van der Waals surface area contributed by atoms with Crippen molar-refractivity contribution in [3.63, 3.8) is 0 Å². The van der Waals surface area contributed by atoms with Gasteiger partial charge in [0.1, 0.15) is 0 Å². The molecule has 0 amide bonds. The van der Waals surface area contributed by atoms with Crippen molar-refractivity contribution >= 4 is 12.0 Å². The summed E-state index contributed by atoms with van der Waals surface area (Å²) in [5.74, 6) is 0.193. The van der Waals surface area contributed by atoms with Crippen molar-refractivity contribution in [3.05, 3.63) is 17.5 Å². The maximum absolute atomic E-state index is 12.1. The number of rotatable bonds is 3. The van der Waals surface area contributed by atoms with E-state index in [-0.39, 0.29) is 17.3 Å². The lowest BCUT2D eigenvalue weighted by atomic mass is 9.86. The van der Waals surface area contributed by atoms with Gasteiger partial charge in [-0.1, -0.05) is 34.6 Å². The fourth-order valence-corrected chi connectivity index (χ4v) is 1.77. The average molecular weight is 294 g/mol. The van der Waals surface area contributed by atoms with Crippen LogP contribution in [0.2, 0.25) is 0 Å². The highest BCUT2D eigenvalue weighted by Crippen LogP contribution is 2.33. The van der Waals surface area contributed by atoms with Crippen LogP contribution in [0, 0.1) is 0 Å².